The highest BCUT2D eigenvalue weighted by atomic mass is 16.1. The van der Waals surface area contributed by atoms with Crippen LogP contribution >= 0.6 is 0 Å². The van der Waals surface area contributed by atoms with E-state index >= 15 is 0 Å². The molecule has 0 aromatic rings. The van der Waals surface area contributed by atoms with Crippen molar-refractivity contribution in [2.24, 2.45) is 5.92 Å². The molecule has 0 radical (unpaired) electrons. The van der Waals surface area contributed by atoms with Crippen LogP contribution in [0, 0.1) is 5.92 Å². The third kappa shape index (κ3) is 13.9. The van der Waals surface area contributed by atoms with Crippen LogP contribution in [0.5, 0.6) is 0 Å². The van der Waals surface area contributed by atoms with Gasteiger partial charge in [0.1, 0.15) is 6.29 Å². The zero-order valence-electron chi connectivity index (χ0n) is 13.5. The van der Waals surface area contributed by atoms with Crippen molar-refractivity contribution < 1.29 is 4.79 Å². The van der Waals surface area contributed by atoms with Crippen molar-refractivity contribution in [1.82, 2.24) is 0 Å². The molecule has 19 heavy (non-hydrogen) atoms. The van der Waals surface area contributed by atoms with E-state index in [-0.39, 0.29) is 0 Å². The van der Waals surface area contributed by atoms with Crippen molar-refractivity contribution in [2.75, 3.05) is 0 Å². The topological polar surface area (TPSA) is 17.1 Å². The highest BCUT2D eigenvalue weighted by Crippen LogP contribution is 2.17. The molecule has 0 bridgehead atoms. The Morgan fingerprint density at radius 2 is 1.00 bits per heavy atom. The van der Waals surface area contributed by atoms with E-state index in [2.05, 4.69) is 13.8 Å². The number of rotatable bonds is 15. The monoisotopic (exact) mass is 268 g/mol. The third-order valence-electron chi connectivity index (χ3n) is 4.05. The molecule has 0 rings (SSSR count). The highest BCUT2D eigenvalue weighted by Gasteiger charge is 2.06. The van der Waals surface area contributed by atoms with E-state index in [0.717, 1.165) is 12.8 Å². The summed E-state index contributed by atoms with van der Waals surface area (Å²) in [6.07, 6.45) is 19.4. The molecule has 114 valence electrons. The maximum Gasteiger partial charge on any atom is 0.123 e. The number of aldehydes is 1. The van der Waals surface area contributed by atoms with E-state index in [0.29, 0.717) is 5.92 Å². The second-order valence-electron chi connectivity index (χ2n) is 6.01. The van der Waals surface area contributed by atoms with E-state index < -0.39 is 0 Å². The first-order chi connectivity index (χ1) is 9.35. The molecular weight excluding hydrogens is 232 g/mol. The molecule has 0 aliphatic heterocycles. The summed E-state index contributed by atoms with van der Waals surface area (Å²) in [6.45, 7) is 4.51. The van der Waals surface area contributed by atoms with Crippen molar-refractivity contribution >= 4 is 6.29 Å². The molecule has 1 heteroatoms. The minimum Gasteiger partial charge on any atom is -0.303 e. The Balaban J connectivity index is 3.32. The fourth-order valence-electron chi connectivity index (χ4n) is 2.65. The molecule has 0 saturated carbocycles. The average molecular weight is 268 g/mol. The fraction of sp³-hybridized carbons (Fsp3) is 0.944. The summed E-state index contributed by atoms with van der Waals surface area (Å²) in [6, 6.07) is 0. The van der Waals surface area contributed by atoms with Gasteiger partial charge in [0, 0.05) is 5.92 Å². The van der Waals surface area contributed by atoms with Gasteiger partial charge in [-0.25, -0.2) is 0 Å². The average Bonchev–Trinajstić information content (AvgIpc) is 2.44. The van der Waals surface area contributed by atoms with Crippen molar-refractivity contribution in [3.63, 3.8) is 0 Å². The highest BCUT2D eigenvalue weighted by molar-refractivity contribution is 5.53. The molecule has 0 N–H and O–H groups in total. The predicted molar refractivity (Wildman–Crippen MR) is 85.5 cm³/mol. The SMILES string of the molecule is CCCCCCCCC(C=O)CCCCCCCC. The molecule has 0 atom stereocenters. The molecule has 0 amide bonds. The molecule has 0 aromatic carbocycles. The molecule has 0 heterocycles. The lowest BCUT2D eigenvalue weighted by Crippen LogP contribution is -2.02. The number of hydrogen-bond acceptors (Lipinski definition) is 1. The van der Waals surface area contributed by atoms with Gasteiger partial charge in [0.05, 0.1) is 0 Å². The van der Waals surface area contributed by atoms with Crippen LogP contribution in [0.3, 0.4) is 0 Å². The zero-order valence-corrected chi connectivity index (χ0v) is 13.5. The number of unbranched alkanes of at least 4 members (excludes halogenated alkanes) is 10. The van der Waals surface area contributed by atoms with Crippen LogP contribution in [0.25, 0.3) is 0 Å². The van der Waals surface area contributed by atoms with Gasteiger partial charge >= 0.3 is 0 Å². The molecule has 0 saturated heterocycles. The molecular formula is C18H36O. The van der Waals surface area contributed by atoms with Crippen molar-refractivity contribution in [1.29, 1.82) is 0 Å². The van der Waals surface area contributed by atoms with Crippen LogP contribution in [0.4, 0.5) is 0 Å². The van der Waals surface area contributed by atoms with Gasteiger partial charge in [0.15, 0.2) is 0 Å². The van der Waals surface area contributed by atoms with E-state index in [1.165, 1.54) is 83.3 Å². The standard InChI is InChI=1S/C18H36O/c1-3-5-7-9-11-13-15-18(17-19)16-14-12-10-8-6-4-2/h17-18H,3-16H2,1-2H3. The van der Waals surface area contributed by atoms with Gasteiger partial charge in [0.25, 0.3) is 0 Å². The molecule has 0 fully saturated rings. The van der Waals surface area contributed by atoms with Crippen molar-refractivity contribution in [3.8, 4) is 0 Å². The minimum atomic E-state index is 0.345. The Kier molecular flexibility index (Phi) is 15.5. The van der Waals surface area contributed by atoms with Gasteiger partial charge in [0.2, 0.25) is 0 Å². The molecule has 0 aromatic heterocycles. The first-order valence-corrected chi connectivity index (χ1v) is 8.80. The summed E-state index contributed by atoms with van der Waals surface area (Å²) >= 11 is 0. The lowest BCUT2D eigenvalue weighted by Gasteiger charge is -2.09. The van der Waals surface area contributed by atoms with Crippen LogP contribution in [0.2, 0.25) is 0 Å². The van der Waals surface area contributed by atoms with Crippen LogP contribution < -0.4 is 0 Å². The largest absolute Gasteiger partial charge is 0.303 e. The first-order valence-electron chi connectivity index (χ1n) is 8.80. The summed E-state index contributed by atoms with van der Waals surface area (Å²) in [4.78, 5) is 11.0. The molecule has 0 spiro atoms. The van der Waals surface area contributed by atoms with Crippen LogP contribution in [0.1, 0.15) is 104 Å². The van der Waals surface area contributed by atoms with Crippen molar-refractivity contribution in [3.05, 3.63) is 0 Å². The zero-order chi connectivity index (χ0) is 14.2. The quantitative estimate of drug-likeness (QED) is 0.251. The Morgan fingerprint density at radius 1 is 0.632 bits per heavy atom. The van der Waals surface area contributed by atoms with Crippen LogP contribution in [-0.2, 0) is 4.79 Å². The summed E-state index contributed by atoms with van der Waals surface area (Å²) < 4.78 is 0. The Bertz CT molecular complexity index is 161. The van der Waals surface area contributed by atoms with Crippen LogP contribution in [-0.4, -0.2) is 6.29 Å². The van der Waals surface area contributed by atoms with Crippen LogP contribution in [0.15, 0.2) is 0 Å². The van der Waals surface area contributed by atoms with Gasteiger partial charge in [-0.05, 0) is 12.8 Å². The lowest BCUT2D eigenvalue weighted by atomic mass is 9.95. The summed E-state index contributed by atoms with van der Waals surface area (Å²) in [5.41, 5.74) is 0. The number of carbonyl (C=O) groups is 1. The molecule has 0 aliphatic rings. The van der Waals surface area contributed by atoms with E-state index in [9.17, 15) is 4.79 Å². The summed E-state index contributed by atoms with van der Waals surface area (Å²) in [7, 11) is 0. The second-order valence-corrected chi connectivity index (χ2v) is 6.01. The van der Waals surface area contributed by atoms with Gasteiger partial charge in [-0.2, -0.15) is 0 Å². The van der Waals surface area contributed by atoms with Gasteiger partial charge < -0.3 is 4.79 Å². The van der Waals surface area contributed by atoms with E-state index in [4.69, 9.17) is 0 Å². The number of hydrogen-bond donors (Lipinski definition) is 0. The third-order valence-corrected chi connectivity index (χ3v) is 4.05. The molecule has 0 aliphatic carbocycles. The summed E-state index contributed by atoms with van der Waals surface area (Å²) in [5, 5.41) is 0. The van der Waals surface area contributed by atoms with E-state index in [1.54, 1.807) is 0 Å². The van der Waals surface area contributed by atoms with Gasteiger partial charge in [-0.15, -0.1) is 0 Å². The summed E-state index contributed by atoms with van der Waals surface area (Å²) in [5.74, 6) is 0.345. The lowest BCUT2D eigenvalue weighted by molar-refractivity contribution is -0.111. The van der Waals surface area contributed by atoms with Gasteiger partial charge in [-0.3, -0.25) is 0 Å². The maximum atomic E-state index is 11.0. The molecule has 0 unspecified atom stereocenters. The van der Waals surface area contributed by atoms with Crippen molar-refractivity contribution in [2.45, 2.75) is 104 Å². The normalized spacial score (nSPS) is 11.1. The smallest absolute Gasteiger partial charge is 0.123 e. The Hall–Kier alpha value is -0.330. The van der Waals surface area contributed by atoms with E-state index in [1.807, 2.05) is 0 Å². The second kappa shape index (κ2) is 15.7. The minimum absolute atomic E-state index is 0.345. The molecule has 1 nitrogen and oxygen atoms in total. The maximum absolute atomic E-state index is 11.0. The predicted octanol–water partition coefficient (Wildman–Crippen LogP) is 6.30. The Labute approximate surface area is 121 Å². The van der Waals surface area contributed by atoms with Gasteiger partial charge in [-0.1, -0.05) is 90.9 Å². The number of carbonyl (C=O) groups excluding carboxylic acids is 1. The fourth-order valence-corrected chi connectivity index (χ4v) is 2.65. The Morgan fingerprint density at radius 3 is 1.37 bits per heavy atom. The first kappa shape index (κ1) is 18.7.